The molecule has 0 bridgehead atoms. The van der Waals surface area contributed by atoms with E-state index in [1.807, 2.05) is 25.1 Å². The van der Waals surface area contributed by atoms with E-state index in [0.29, 0.717) is 5.75 Å². The highest BCUT2D eigenvalue weighted by molar-refractivity contribution is 5.85. The van der Waals surface area contributed by atoms with E-state index in [4.69, 9.17) is 0 Å². The number of phenolic OH excluding ortho intramolecular Hbond substituents is 1. The maximum absolute atomic E-state index is 10.00. The van der Waals surface area contributed by atoms with Crippen LogP contribution in [0.4, 0.5) is 0 Å². The highest BCUT2D eigenvalue weighted by Crippen LogP contribution is 2.41. The molecule has 0 atom stereocenters. The molecule has 0 aromatic heterocycles. The molecule has 0 heterocycles. The predicted octanol–water partition coefficient (Wildman–Crippen LogP) is 5.66. The van der Waals surface area contributed by atoms with Crippen molar-refractivity contribution in [1.82, 2.24) is 0 Å². The van der Waals surface area contributed by atoms with Crippen molar-refractivity contribution in [3.8, 4) is 28.0 Å². The second-order valence-electron chi connectivity index (χ2n) is 5.94. The van der Waals surface area contributed by atoms with Gasteiger partial charge in [-0.05, 0) is 58.9 Å². The second-order valence-corrected chi connectivity index (χ2v) is 5.94. The van der Waals surface area contributed by atoms with Crippen molar-refractivity contribution in [2.75, 3.05) is 0 Å². The smallest absolute Gasteiger partial charge is 0.122 e. The summed E-state index contributed by atoms with van der Waals surface area (Å²) in [4.78, 5) is 0. The van der Waals surface area contributed by atoms with Gasteiger partial charge in [-0.1, -0.05) is 60.7 Å². The molecule has 1 heteroatoms. The summed E-state index contributed by atoms with van der Waals surface area (Å²) in [6.07, 6.45) is 4.86. The van der Waals surface area contributed by atoms with E-state index in [1.54, 1.807) is 6.07 Å². The van der Waals surface area contributed by atoms with Gasteiger partial charge in [0.1, 0.15) is 5.75 Å². The Hall–Kier alpha value is -2.80. The van der Waals surface area contributed by atoms with Crippen LogP contribution in [0, 0.1) is 0 Å². The van der Waals surface area contributed by atoms with Crippen LogP contribution >= 0.6 is 0 Å². The molecule has 3 aromatic rings. The number of rotatable bonds is 2. The summed E-state index contributed by atoms with van der Waals surface area (Å²) in [5, 5.41) is 10.00. The van der Waals surface area contributed by atoms with Crippen molar-refractivity contribution >= 4 is 6.08 Å². The Morgan fingerprint density at radius 3 is 2.52 bits per heavy atom. The monoisotopic (exact) mass is 298 g/mol. The molecule has 0 fully saturated rings. The van der Waals surface area contributed by atoms with Crippen LogP contribution < -0.4 is 0 Å². The zero-order chi connectivity index (χ0) is 15.8. The molecule has 0 spiro atoms. The minimum absolute atomic E-state index is 0.322. The molecule has 112 valence electrons. The first-order valence-electron chi connectivity index (χ1n) is 7.94. The largest absolute Gasteiger partial charge is 0.507 e. The standard InChI is InChI=1S/C22H18O/c1-2-6-17-13-16(11-12-22(17)23)19-9-5-10-20-18-8-4-3-7-15(18)14-21(19)20/h2-13,23H,14H2,1H3. The molecule has 4 rings (SSSR count). The van der Waals surface area contributed by atoms with Gasteiger partial charge in [0.25, 0.3) is 0 Å². The molecule has 1 aliphatic rings. The summed E-state index contributed by atoms with van der Waals surface area (Å²) in [7, 11) is 0. The third-order valence-electron chi connectivity index (χ3n) is 4.54. The third-order valence-corrected chi connectivity index (χ3v) is 4.54. The lowest BCUT2D eigenvalue weighted by molar-refractivity contribution is 0.474. The SMILES string of the molecule is CC=Cc1cc(-c2cccc3c2Cc2ccccc2-3)ccc1O. The van der Waals surface area contributed by atoms with Gasteiger partial charge in [-0.15, -0.1) is 0 Å². The van der Waals surface area contributed by atoms with Gasteiger partial charge in [0.2, 0.25) is 0 Å². The minimum Gasteiger partial charge on any atom is -0.507 e. The summed E-state index contributed by atoms with van der Waals surface area (Å²) < 4.78 is 0. The fraction of sp³-hybridized carbons (Fsp3) is 0.0909. The number of hydrogen-bond donors (Lipinski definition) is 1. The molecule has 0 saturated carbocycles. The first kappa shape index (κ1) is 13.8. The van der Waals surface area contributed by atoms with Crippen LogP contribution in [0.15, 0.2) is 66.7 Å². The molecule has 1 aliphatic carbocycles. The molecular weight excluding hydrogens is 280 g/mol. The van der Waals surface area contributed by atoms with Gasteiger partial charge < -0.3 is 5.11 Å². The topological polar surface area (TPSA) is 20.2 Å². The molecule has 1 nitrogen and oxygen atoms in total. The third kappa shape index (κ3) is 2.25. The molecule has 3 aromatic carbocycles. The highest BCUT2D eigenvalue weighted by atomic mass is 16.3. The van der Waals surface area contributed by atoms with Crippen molar-refractivity contribution in [1.29, 1.82) is 0 Å². The fourth-order valence-electron chi connectivity index (χ4n) is 3.46. The Balaban J connectivity index is 1.88. The zero-order valence-corrected chi connectivity index (χ0v) is 13.1. The van der Waals surface area contributed by atoms with Crippen LogP contribution in [0.5, 0.6) is 5.75 Å². The lowest BCUT2D eigenvalue weighted by Gasteiger charge is -2.10. The van der Waals surface area contributed by atoms with Crippen LogP contribution in [0.25, 0.3) is 28.3 Å². The molecular formula is C22H18O. The van der Waals surface area contributed by atoms with Gasteiger partial charge in [0.05, 0.1) is 0 Å². The first-order chi connectivity index (χ1) is 11.3. The minimum atomic E-state index is 0.322. The van der Waals surface area contributed by atoms with E-state index in [0.717, 1.165) is 17.5 Å². The zero-order valence-electron chi connectivity index (χ0n) is 13.1. The van der Waals surface area contributed by atoms with Crippen molar-refractivity contribution in [3.05, 3.63) is 83.4 Å². The normalized spacial score (nSPS) is 12.4. The maximum Gasteiger partial charge on any atom is 0.122 e. The van der Waals surface area contributed by atoms with Crippen molar-refractivity contribution in [3.63, 3.8) is 0 Å². The molecule has 0 radical (unpaired) electrons. The molecule has 1 N–H and O–H groups in total. The van der Waals surface area contributed by atoms with E-state index >= 15 is 0 Å². The summed E-state index contributed by atoms with van der Waals surface area (Å²) >= 11 is 0. The summed E-state index contributed by atoms with van der Waals surface area (Å²) in [6, 6.07) is 21.0. The van der Waals surface area contributed by atoms with Gasteiger partial charge >= 0.3 is 0 Å². The van der Waals surface area contributed by atoms with Gasteiger partial charge in [0, 0.05) is 5.56 Å². The lowest BCUT2D eigenvalue weighted by atomic mass is 9.94. The van der Waals surface area contributed by atoms with E-state index < -0.39 is 0 Å². The average Bonchev–Trinajstić information content (AvgIpc) is 2.96. The molecule has 0 saturated heterocycles. The van der Waals surface area contributed by atoms with E-state index in [1.165, 1.54) is 27.8 Å². The van der Waals surface area contributed by atoms with E-state index in [2.05, 4.69) is 48.5 Å². The summed E-state index contributed by atoms with van der Waals surface area (Å²) in [5.74, 6) is 0.322. The predicted molar refractivity (Wildman–Crippen MR) is 96.5 cm³/mol. The van der Waals surface area contributed by atoms with Crippen LogP contribution in [0.2, 0.25) is 0 Å². The molecule has 0 amide bonds. The maximum atomic E-state index is 10.00. The Morgan fingerprint density at radius 2 is 1.65 bits per heavy atom. The fourth-order valence-corrected chi connectivity index (χ4v) is 3.46. The Kier molecular flexibility index (Phi) is 3.27. The van der Waals surface area contributed by atoms with Crippen LogP contribution in [0.1, 0.15) is 23.6 Å². The summed E-state index contributed by atoms with van der Waals surface area (Å²) in [5.41, 5.74) is 8.71. The Morgan fingerprint density at radius 1 is 0.870 bits per heavy atom. The lowest BCUT2D eigenvalue weighted by Crippen LogP contribution is -1.88. The van der Waals surface area contributed by atoms with Crippen molar-refractivity contribution in [2.24, 2.45) is 0 Å². The van der Waals surface area contributed by atoms with Gasteiger partial charge in [-0.25, -0.2) is 0 Å². The number of hydrogen-bond acceptors (Lipinski definition) is 1. The van der Waals surface area contributed by atoms with Gasteiger partial charge in [-0.2, -0.15) is 0 Å². The van der Waals surface area contributed by atoms with Crippen LogP contribution in [0.3, 0.4) is 0 Å². The average molecular weight is 298 g/mol. The van der Waals surface area contributed by atoms with Gasteiger partial charge in [-0.3, -0.25) is 0 Å². The van der Waals surface area contributed by atoms with Crippen molar-refractivity contribution in [2.45, 2.75) is 13.3 Å². The number of aromatic hydroxyl groups is 1. The van der Waals surface area contributed by atoms with Gasteiger partial charge in [0.15, 0.2) is 0 Å². The van der Waals surface area contributed by atoms with Crippen LogP contribution in [-0.4, -0.2) is 5.11 Å². The van der Waals surface area contributed by atoms with Crippen molar-refractivity contribution < 1.29 is 5.11 Å². The Labute approximate surface area is 136 Å². The van der Waals surface area contributed by atoms with E-state index in [9.17, 15) is 5.11 Å². The number of allylic oxidation sites excluding steroid dienone is 1. The first-order valence-corrected chi connectivity index (χ1v) is 7.94. The quantitative estimate of drug-likeness (QED) is 0.506. The Bertz CT molecular complexity index is 919. The number of benzene rings is 3. The highest BCUT2D eigenvalue weighted by Gasteiger charge is 2.21. The molecule has 0 aliphatic heterocycles. The van der Waals surface area contributed by atoms with Crippen LogP contribution in [-0.2, 0) is 6.42 Å². The molecule has 0 unspecified atom stereocenters. The summed E-state index contributed by atoms with van der Waals surface area (Å²) in [6.45, 7) is 1.96. The molecule has 23 heavy (non-hydrogen) atoms. The second kappa shape index (κ2) is 5.44. The number of fused-ring (bicyclic) bond motifs is 3. The van der Waals surface area contributed by atoms with E-state index in [-0.39, 0.29) is 0 Å². The number of phenols is 1.